The van der Waals surface area contributed by atoms with E-state index in [0.717, 1.165) is 46.5 Å². The van der Waals surface area contributed by atoms with Crippen LogP contribution in [0.25, 0.3) is 10.8 Å². The second-order valence-electron chi connectivity index (χ2n) is 7.87. The van der Waals surface area contributed by atoms with Crippen LogP contribution in [0.2, 0.25) is 5.02 Å². The summed E-state index contributed by atoms with van der Waals surface area (Å²) >= 11 is 6.24. The normalized spacial score (nSPS) is 18.8. The third kappa shape index (κ3) is 8.36. The molecule has 2 N–H and O–H groups in total. The maximum absolute atomic E-state index is 9.10. The van der Waals surface area contributed by atoms with E-state index in [4.69, 9.17) is 40.9 Å². The summed E-state index contributed by atoms with van der Waals surface area (Å²) in [5.41, 5.74) is 0. The number of carboxylic acid groups (broad SMARTS) is 2. The van der Waals surface area contributed by atoms with Crippen LogP contribution in [0.5, 0.6) is 5.75 Å². The lowest BCUT2D eigenvalue weighted by molar-refractivity contribution is -0.159. The molecule has 2 unspecified atom stereocenters. The van der Waals surface area contributed by atoms with E-state index in [1.54, 1.807) is 0 Å². The third-order valence-electron chi connectivity index (χ3n) is 5.00. The molecule has 1 saturated heterocycles. The van der Waals surface area contributed by atoms with E-state index in [9.17, 15) is 0 Å². The number of aliphatic carboxylic acids is 2. The number of nitrogens with zero attached hydrogens (tertiary/aromatic N) is 1. The Bertz CT molecular complexity index is 852. The second kappa shape index (κ2) is 12.5. The first-order valence-electron chi connectivity index (χ1n) is 10.3. The van der Waals surface area contributed by atoms with Crippen LogP contribution in [0, 0.1) is 11.8 Å². The highest BCUT2D eigenvalue weighted by Gasteiger charge is 2.21. The van der Waals surface area contributed by atoms with E-state index in [0.29, 0.717) is 13.2 Å². The fraction of sp³-hybridized carbons (Fsp3) is 0.478. The van der Waals surface area contributed by atoms with Crippen LogP contribution in [0.15, 0.2) is 36.4 Å². The molecule has 0 spiro atoms. The van der Waals surface area contributed by atoms with Crippen molar-refractivity contribution in [3.63, 3.8) is 0 Å². The van der Waals surface area contributed by atoms with E-state index in [1.165, 1.54) is 19.5 Å². The summed E-state index contributed by atoms with van der Waals surface area (Å²) < 4.78 is 11.7. The Morgan fingerprint density at radius 2 is 1.58 bits per heavy atom. The number of carboxylic acids is 2. The van der Waals surface area contributed by atoms with Gasteiger partial charge < -0.3 is 24.6 Å². The Kier molecular flexibility index (Phi) is 10.0. The highest BCUT2D eigenvalue weighted by Crippen LogP contribution is 2.31. The number of fused-ring (bicyclic) bond motifs is 1. The molecular formula is C23H30ClNO6. The Labute approximate surface area is 187 Å². The number of benzene rings is 2. The maximum atomic E-state index is 9.10. The second-order valence-corrected chi connectivity index (χ2v) is 8.28. The van der Waals surface area contributed by atoms with E-state index >= 15 is 0 Å². The zero-order chi connectivity index (χ0) is 22.8. The summed E-state index contributed by atoms with van der Waals surface area (Å²) in [7, 11) is 0. The number of likely N-dealkylation sites (tertiary alicyclic amines) is 1. The molecule has 31 heavy (non-hydrogen) atoms. The lowest BCUT2D eigenvalue weighted by Crippen LogP contribution is -2.40. The van der Waals surface area contributed by atoms with Crippen molar-refractivity contribution >= 4 is 34.3 Å². The van der Waals surface area contributed by atoms with Crippen LogP contribution in [0.1, 0.15) is 20.3 Å². The molecule has 8 heteroatoms. The van der Waals surface area contributed by atoms with Crippen LogP contribution in [-0.4, -0.2) is 66.5 Å². The van der Waals surface area contributed by atoms with Crippen LogP contribution in [-0.2, 0) is 14.3 Å². The first-order valence-corrected chi connectivity index (χ1v) is 10.7. The van der Waals surface area contributed by atoms with E-state index in [-0.39, 0.29) is 0 Å². The molecule has 1 aliphatic rings. The minimum Gasteiger partial charge on any atom is -0.491 e. The fourth-order valence-corrected chi connectivity index (χ4v) is 4.07. The van der Waals surface area contributed by atoms with Gasteiger partial charge in [-0.1, -0.05) is 49.7 Å². The van der Waals surface area contributed by atoms with Gasteiger partial charge in [0.05, 0.1) is 13.2 Å². The van der Waals surface area contributed by atoms with Gasteiger partial charge in [-0.3, -0.25) is 0 Å². The van der Waals surface area contributed by atoms with Crippen molar-refractivity contribution in [2.24, 2.45) is 11.8 Å². The predicted octanol–water partition coefficient (Wildman–Crippen LogP) is 4.02. The number of carbonyl (C=O) groups is 2. The quantitative estimate of drug-likeness (QED) is 0.484. The largest absolute Gasteiger partial charge is 0.491 e. The Balaban J connectivity index is 0.000000501. The zero-order valence-electron chi connectivity index (χ0n) is 17.9. The standard InChI is InChI=1S/C21H28ClNO2.C2H2O4/c1-16-13-17(2)15-23(14-16)9-10-24-11-12-25-21-8-7-20(22)18-5-3-4-6-19(18)21;3-1(4)2(5)6/h3-8,16-17H,9-15H2,1-2H3;(H,3,4)(H,5,6). The molecule has 0 saturated carbocycles. The topological polar surface area (TPSA) is 96.3 Å². The maximum Gasteiger partial charge on any atom is 0.414 e. The van der Waals surface area contributed by atoms with Gasteiger partial charge in [-0.2, -0.15) is 0 Å². The van der Waals surface area contributed by atoms with E-state index in [2.05, 4.69) is 18.7 Å². The van der Waals surface area contributed by atoms with E-state index in [1.807, 2.05) is 36.4 Å². The van der Waals surface area contributed by atoms with Gasteiger partial charge in [0.1, 0.15) is 12.4 Å². The van der Waals surface area contributed by atoms with Crippen molar-refractivity contribution in [1.29, 1.82) is 0 Å². The van der Waals surface area contributed by atoms with Crippen LogP contribution < -0.4 is 4.74 Å². The summed E-state index contributed by atoms with van der Waals surface area (Å²) in [4.78, 5) is 20.7. The van der Waals surface area contributed by atoms with Gasteiger partial charge in [0, 0.05) is 35.4 Å². The SMILES string of the molecule is CC1CC(C)CN(CCOCCOc2ccc(Cl)c3ccccc23)C1.O=C(O)C(=O)O. The average Bonchev–Trinajstić information content (AvgIpc) is 2.72. The molecule has 1 aliphatic heterocycles. The lowest BCUT2D eigenvalue weighted by Gasteiger charge is -2.34. The van der Waals surface area contributed by atoms with Crippen LogP contribution in [0.4, 0.5) is 0 Å². The average molecular weight is 452 g/mol. The Morgan fingerprint density at radius 3 is 2.19 bits per heavy atom. The van der Waals surface area contributed by atoms with Gasteiger partial charge in [-0.15, -0.1) is 0 Å². The smallest absolute Gasteiger partial charge is 0.414 e. The minimum absolute atomic E-state index is 0.554. The predicted molar refractivity (Wildman–Crippen MR) is 120 cm³/mol. The highest BCUT2D eigenvalue weighted by atomic mass is 35.5. The van der Waals surface area contributed by atoms with Crippen molar-refractivity contribution < 1.29 is 29.3 Å². The number of hydrogen-bond acceptors (Lipinski definition) is 5. The summed E-state index contributed by atoms with van der Waals surface area (Å²) in [5.74, 6) is -1.19. The summed E-state index contributed by atoms with van der Waals surface area (Å²) in [5, 5.41) is 17.6. The highest BCUT2D eigenvalue weighted by molar-refractivity contribution is 6.35. The summed E-state index contributed by atoms with van der Waals surface area (Å²) in [6, 6.07) is 11.9. The fourth-order valence-electron chi connectivity index (χ4n) is 3.84. The minimum atomic E-state index is -1.82. The molecule has 0 aliphatic carbocycles. The van der Waals surface area contributed by atoms with Crippen molar-refractivity contribution in [2.45, 2.75) is 20.3 Å². The summed E-state index contributed by atoms with van der Waals surface area (Å²) in [6.07, 6.45) is 1.35. The molecule has 1 fully saturated rings. The molecular weight excluding hydrogens is 422 g/mol. The molecule has 2 aromatic rings. The number of ether oxygens (including phenoxy) is 2. The zero-order valence-corrected chi connectivity index (χ0v) is 18.7. The number of hydrogen-bond donors (Lipinski definition) is 2. The van der Waals surface area contributed by atoms with Crippen molar-refractivity contribution in [1.82, 2.24) is 4.90 Å². The molecule has 2 aromatic carbocycles. The molecule has 0 bridgehead atoms. The third-order valence-corrected chi connectivity index (χ3v) is 5.32. The van der Waals surface area contributed by atoms with Gasteiger partial charge >= 0.3 is 11.9 Å². The van der Waals surface area contributed by atoms with Crippen molar-refractivity contribution in [3.05, 3.63) is 41.4 Å². The van der Waals surface area contributed by atoms with E-state index < -0.39 is 11.9 Å². The molecule has 7 nitrogen and oxygen atoms in total. The van der Waals surface area contributed by atoms with Crippen LogP contribution >= 0.6 is 11.6 Å². The van der Waals surface area contributed by atoms with Gasteiger partial charge in [0.25, 0.3) is 0 Å². The first-order chi connectivity index (χ1) is 14.8. The number of piperidine rings is 1. The van der Waals surface area contributed by atoms with Gasteiger partial charge in [0.15, 0.2) is 0 Å². The van der Waals surface area contributed by atoms with Gasteiger partial charge in [-0.25, -0.2) is 9.59 Å². The molecule has 2 atom stereocenters. The lowest BCUT2D eigenvalue weighted by atomic mass is 9.92. The Hall–Kier alpha value is -2.35. The molecule has 0 radical (unpaired) electrons. The molecule has 3 rings (SSSR count). The van der Waals surface area contributed by atoms with Crippen molar-refractivity contribution in [2.75, 3.05) is 39.5 Å². The number of rotatable bonds is 7. The summed E-state index contributed by atoms with van der Waals surface area (Å²) in [6.45, 7) is 10.0. The number of halogens is 1. The molecule has 170 valence electrons. The first kappa shape index (κ1) is 24.9. The molecule has 1 heterocycles. The van der Waals surface area contributed by atoms with Crippen molar-refractivity contribution in [3.8, 4) is 5.75 Å². The van der Waals surface area contributed by atoms with Crippen LogP contribution in [0.3, 0.4) is 0 Å². The van der Waals surface area contributed by atoms with Gasteiger partial charge in [0.2, 0.25) is 0 Å². The monoisotopic (exact) mass is 451 g/mol. The Morgan fingerprint density at radius 1 is 0.968 bits per heavy atom. The molecule has 0 amide bonds. The van der Waals surface area contributed by atoms with Gasteiger partial charge in [-0.05, 0) is 30.4 Å². The molecule has 0 aromatic heterocycles.